The molecule has 0 aliphatic carbocycles. The van der Waals surface area contributed by atoms with E-state index in [4.69, 9.17) is 4.74 Å². The molecule has 0 aliphatic heterocycles. The average molecular weight is 314 g/mol. The average Bonchev–Trinajstić information content (AvgIpc) is 2.55. The molecule has 0 unspecified atom stereocenters. The second-order valence-corrected chi connectivity index (χ2v) is 5.46. The van der Waals surface area contributed by atoms with Crippen molar-refractivity contribution in [3.8, 4) is 0 Å². The summed E-state index contributed by atoms with van der Waals surface area (Å²) in [7, 11) is 5.28. The van der Waals surface area contributed by atoms with E-state index in [0.29, 0.717) is 17.2 Å². The summed E-state index contributed by atoms with van der Waals surface area (Å²) in [5.74, 6) is 0.336. The molecule has 1 heterocycles. The van der Waals surface area contributed by atoms with Gasteiger partial charge in [0.1, 0.15) is 0 Å². The molecule has 2 rings (SSSR count). The number of nitrogens with one attached hydrogen (secondary N) is 1. The summed E-state index contributed by atoms with van der Waals surface area (Å²) < 4.78 is 5.15. The number of aromatic nitrogens is 2. The number of anilines is 1. The van der Waals surface area contributed by atoms with Gasteiger partial charge < -0.3 is 15.0 Å². The standard InChI is InChI=1S/C17H22N4O2/c1-12(13-8-6-5-7-9-13)19-16(22)14-10-18-17(21(2)3)20-15(14)11-23-4/h5-10,12H,11H2,1-4H3,(H,19,22)/t12-/m1/s1. The number of hydrogen-bond acceptors (Lipinski definition) is 5. The molecule has 0 saturated carbocycles. The number of nitrogens with zero attached hydrogens (tertiary/aromatic N) is 3. The third-order valence-electron chi connectivity index (χ3n) is 3.43. The van der Waals surface area contributed by atoms with Crippen LogP contribution in [0, 0.1) is 0 Å². The predicted octanol–water partition coefficient (Wildman–Crippen LogP) is 2.18. The summed E-state index contributed by atoms with van der Waals surface area (Å²) in [4.78, 5) is 22.9. The molecule has 2 aromatic rings. The van der Waals surface area contributed by atoms with Crippen LogP contribution in [-0.2, 0) is 11.3 Å². The number of amides is 1. The van der Waals surface area contributed by atoms with Crippen LogP contribution in [-0.4, -0.2) is 37.1 Å². The third-order valence-corrected chi connectivity index (χ3v) is 3.43. The minimum absolute atomic E-state index is 0.104. The molecule has 1 amide bonds. The van der Waals surface area contributed by atoms with Crippen molar-refractivity contribution in [3.63, 3.8) is 0 Å². The van der Waals surface area contributed by atoms with E-state index in [9.17, 15) is 4.79 Å². The van der Waals surface area contributed by atoms with Crippen molar-refractivity contribution in [3.05, 3.63) is 53.3 Å². The summed E-state index contributed by atoms with van der Waals surface area (Å²) in [6, 6.07) is 9.70. The SMILES string of the molecule is COCc1nc(N(C)C)ncc1C(=O)N[C@H](C)c1ccccc1. The first-order valence-corrected chi connectivity index (χ1v) is 7.41. The van der Waals surface area contributed by atoms with Gasteiger partial charge in [0, 0.05) is 27.4 Å². The van der Waals surface area contributed by atoms with Gasteiger partial charge in [-0.1, -0.05) is 30.3 Å². The fourth-order valence-electron chi connectivity index (χ4n) is 2.16. The number of hydrogen-bond donors (Lipinski definition) is 1. The summed E-state index contributed by atoms with van der Waals surface area (Å²) >= 11 is 0. The molecule has 1 aromatic heterocycles. The lowest BCUT2D eigenvalue weighted by Crippen LogP contribution is -2.28. The Morgan fingerprint density at radius 2 is 2.00 bits per heavy atom. The van der Waals surface area contributed by atoms with Crippen LogP contribution in [0.15, 0.2) is 36.5 Å². The Labute approximate surface area is 136 Å². The normalized spacial score (nSPS) is 11.8. The van der Waals surface area contributed by atoms with Gasteiger partial charge in [0.15, 0.2) is 0 Å². The molecular formula is C17H22N4O2. The Bertz CT molecular complexity index is 659. The van der Waals surface area contributed by atoms with Crippen LogP contribution < -0.4 is 10.2 Å². The van der Waals surface area contributed by atoms with Crippen molar-refractivity contribution in [2.45, 2.75) is 19.6 Å². The Morgan fingerprint density at radius 1 is 1.30 bits per heavy atom. The molecule has 0 fully saturated rings. The minimum atomic E-state index is -0.210. The highest BCUT2D eigenvalue weighted by Gasteiger charge is 2.17. The molecule has 0 bridgehead atoms. The summed E-state index contributed by atoms with van der Waals surface area (Å²) in [6.45, 7) is 2.20. The van der Waals surface area contributed by atoms with Crippen molar-refractivity contribution in [1.82, 2.24) is 15.3 Å². The zero-order valence-corrected chi connectivity index (χ0v) is 13.9. The van der Waals surface area contributed by atoms with Crippen LogP contribution in [0.25, 0.3) is 0 Å². The zero-order chi connectivity index (χ0) is 16.8. The number of carbonyl (C=O) groups is 1. The van der Waals surface area contributed by atoms with Gasteiger partial charge in [0.25, 0.3) is 5.91 Å². The van der Waals surface area contributed by atoms with E-state index in [2.05, 4.69) is 15.3 Å². The Balaban J connectivity index is 2.21. The number of rotatable bonds is 6. The lowest BCUT2D eigenvalue weighted by atomic mass is 10.1. The van der Waals surface area contributed by atoms with Gasteiger partial charge in [-0.3, -0.25) is 4.79 Å². The number of methoxy groups -OCH3 is 1. The summed E-state index contributed by atoms with van der Waals surface area (Å²) in [5, 5.41) is 2.97. The number of carbonyl (C=O) groups excluding carboxylic acids is 1. The Morgan fingerprint density at radius 3 is 2.61 bits per heavy atom. The van der Waals surface area contributed by atoms with Gasteiger partial charge in [-0.25, -0.2) is 9.97 Å². The molecule has 23 heavy (non-hydrogen) atoms. The van der Waals surface area contributed by atoms with E-state index in [1.54, 1.807) is 18.2 Å². The maximum absolute atomic E-state index is 12.5. The van der Waals surface area contributed by atoms with E-state index in [-0.39, 0.29) is 18.6 Å². The molecule has 6 nitrogen and oxygen atoms in total. The van der Waals surface area contributed by atoms with E-state index in [1.807, 2.05) is 51.4 Å². The van der Waals surface area contributed by atoms with Crippen LogP contribution in [0.5, 0.6) is 0 Å². The largest absolute Gasteiger partial charge is 0.378 e. The van der Waals surface area contributed by atoms with Crippen molar-refractivity contribution >= 4 is 11.9 Å². The van der Waals surface area contributed by atoms with Gasteiger partial charge in [-0.2, -0.15) is 0 Å². The van der Waals surface area contributed by atoms with Crippen LogP contribution >= 0.6 is 0 Å². The number of benzene rings is 1. The highest BCUT2D eigenvalue weighted by atomic mass is 16.5. The topological polar surface area (TPSA) is 67.3 Å². The van der Waals surface area contributed by atoms with Gasteiger partial charge in [0.05, 0.1) is 23.9 Å². The predicted molar refractivity (Wildman–Crippen MR) is 89.4 cm³/mol. The first-order chi connectivity index (χ1) is 11.0. The van der Waals surface area contributed by atoms with Crippen molar-refractivity contribution in [2.75, 3.05) is 26.1 Å². The van der Waals surface area contributed by atoms with Gasteiger partial charge >= 0.3 is 0 Å². The maximum atomic E-state index is 12.5. The maximum Gasteiger partial charge on any atom is 0.255 e. The summed E-state index contributed by atoms with van der Waals surface area (Å²) in [6.07, 6.45) is 1.55. The summed E-state index contributed by atoms with van der Waals surface area (Å²) in [5.41, 5.74) is 2.05. The van der Waals surface area contributed by atoms with Gasteiger partial charge in [-0.05, 0) is 12.5 Å². The van der Waals surface area contributed by atoms with Crippen molar-refractivity contribution < 1.29 is 9.53 Å². The fourth-order valence-corrected chi connectivity index (χ4v) is 2.16. The first kappa shape index (κ1) is 16.9. The second kappa shape index (κ2) is 7.69. The monoisotopic (exact) mass is 314 g/mol. The van der Waals surface area contributed by atoms with E-state index >= 15 is 0 Å². The second-order valence-electron chi connectivity index (χ2n) is 5.46. The molecule has 6 heteroatoms. The van der Waals surface area contributed by atoms with E-state index in [1.165, 1.54) is 0 Å². The Kier molecular flexibility index (Phi) is 5.65. The Hall–Kier alpha value is -2.47. The minimum Gasteiger partial charge on any atom is -0.378 e. The number of ether oxygens (including phenoxy) is 1. The molecule has 1 aromatic carbocycles. The van der Waals surface area contributed by atoms with Gasteiger partial charge in [0.2, 0.25) is 5.95 Å². The molecule has 0 saturated heterocycles. The molecule has 0 spiro atoms. The first-order valence-electron chi connectivity index (χ1n) is 7.41. The fraction of sp³-hybridized carbons (Fsp3) is 0.353. The highest BCUT2D eigenvalue weighted by Crippen LogP contribution is 2.15. The molecule has 122 valence electrons. The van der Waals surface area contributed by atoms with Crippen LogP contribution in [0.2, 0.25) is 0 Å². The van der Waals surface area contributed by atoms with Crippen LogP contribution in [0.1, 0.15) is 34.6 Å². The van der Waals surface area contributed by atoms with Crippen LogP contribution in [0.3, 0.4) is 0 Å². The van der Waals surface area contributed by atoms with Crippen LogP contribution in [0.4, 0.5) is 5.95 Å². The molecular weight excluding hydrogens is 292 g/mol. The lowest BCUT2D eigenvalue weighted by molar-refractivity contribution is 0.0933. The van der Waals surface area contributed by atoms with Gasteiger partial charge in [-0.15, -0.1) is 0 Å². The quantitative estimate of drug-likeness (QED) is 0.885. The van der Waals surface area contributed by atoms with Crippen molar-refractivity contribution in [1.29, 1.82) is 0 Å². The molecule has 0 radical (unpaired) electrons. The lowest BCUT2D eigenvalue weighted by Gasteiger charge is -2.17. The molecule has 1 atom stereocenters. The van der Waals surface area contributed by atoms with E-state index < -0.39 is 0 Å². The van der Waals surface area contributed by atoms with E-state index in [0.717, 1.165) is 5.56 Å². The van der Waals surface area contributed by atoms with Crippen molar-refractivity contribution in [2.24, 2.45) is 0 Å². The molecule has 1 N–H and O–H groups in total. The highest BCUT2D eigenvalue weighted by molar-refractivity contribution is 5.95. The smallest absolute Gasteiger partial charge is 0.255 e. The third kappa shape index (κ3) is 4.26. The zero-order valence-electron chi connectivity index (χ0n) is 13.9. The molecule has 0 aliphatic rings.